The lowest BCUT2D eigenvalue weighted by atomic mass is 10.1. The maximum atomic E-state index is 11.7. The first-order valence-corrected chi connectivity index (χ1v) is 5.01. The molecule has 78 valence electrons. The molecule has 2 rings (SSSR count). The van der Waals surface area contributed by atoms with Crippen molar-refractivity contribution in [2.75, 3.05) is 6.54 Å². The molecule has 1 heterocycles. The molecule has 0 aromatic heterocycles. The summed E-state index contributed by atoms with van der Waals surface area (Å²) < 4.78 is 0. The first-order valence-electron chi connectivity index (χ1n) is 5.01. The van der Waals surface area contributed by atoms with Crippen molar-refractivity contribution in [3.8, 4) is 0 Å². The molecule has 1 aliphatic rings. The molecule has 0 saturated carbocycles. The van der Waals surface area contributed by atoms with E-state index in [0.717, 1.165) is 6.54 Å². The molecule has 0 N–H and O–H groups in total. The fourth-order valence-electron chi connectivity index (χ4n) is 1.53. The third-order valence-electron chi connectivity index (χ3n) is 2.66. The highest BCUT2D eigenvalue weighted by Crippen LogP contribution is 2.20. The first kappa shape index (κ1) is 9.90. The lowest BCUT2D eigenvalue weighted by molar-refractivity contribution is 0.0875. The minimum atomic E-state index is 0.0223. The number of carbonyl (C=O) groups excluding carboxylic acids is 2. The molecule has 1 fully saturated rings. The minimum Gasteiger partial charge on any atom is -0.332 e. The van der Waals surface area contributed by atoms with Crippen LogP contribution < -0.4 is 0 Å². The Morgan fingerprint density at radius 2 is 1.67 bits per heavy atom. The van der Waals surface area contributed by atoms with Crippen LogP contribution in [0.2, 0.25) is 0 Å². The van der Waals surface area contributed by atoms with Gasteiger partial charge >= 0.3 is 0 Å². The zero-order valence-corrected chi connectivity index (χ0v) is 8.86. The third-order valence-corrected chi connectivity index (χ3v) is 2.66. The van der Waals surface area contributed by atoms with E-state index in [0.29, 0.717) is 17.2 Å². The first-order chi connectivity index (χ1) is 7.09. The predicted octanol–water partition coefficient (Wildman–Crippen LogP) is 1.73. The molecule has 0 radical (unpaired) electrons. The Labute approximate surface area is 88.7 Å². The largest absolute Gasteiger partial charge is 0.332 e. The number of benzene rings is 1. The number of rotatable bonds is 2. The zero-order chi connectivity index (χ0) is 11.0. The van der Waals surface area contributed by atoms with Crippen molar-refractivity contribution in [2.24, 2.45) is 0 Å². The quantitative estimate of drug-likeness (QED) is 0.542. The summed E-state index contributed by atoms with van der Waals surface area (Å²) in [6.45, 7) is 4.37. The fourth-order valence-corrected chi connectivity index (χ4v) is 1.53. The van der Waals surface area contributed by atoms with Gasteiger partial charge in [0.15, 0.2) is 5.78 Å². The van der Waals surface area contributed by atoms with Gasteiger partial charge in [-0.3, -0.25) is 9.59 Å². The molecule has 15 heavy (non-hydrogen) atoms. The van der Waals surface area contributed by atoms with E-state index in [9.17, 15) is 9.59 Å². The lowest BCUT2D eigenvalue weighted by Gasteiger charge is -2.03. The summed E-state index contributed by atoms with van der Waals surface area (Å²) in [7, 11) is 0. The zero-order valence-electron chi connectivity index (χ0n) is 8.86. The van der Waals surface area contributed by atoms with Crippen LogP contribution in [0, 0.1) is 0 Å². The van der Waals surface area contributed by atoms with E-state index in [1.807, 2.05) is 6.92 Å². The third kappa shape index (κ3) is 1.91. The van der Waals surface area contributed by atoms with Crippen molar-refractivity contribution in [3.63, 3.8) is 0 Å². The van der Waals surface area contributed by atoms with Gasteiger partial charge in [-0.1, -0.05) is 12.1 Å². The summed E-state index contributed by atoms with van der Waals surface area (Å²) in [6.07, 6.45) is 0. The standard InChI is InChI=1S/C12H13NO2/c1-8-7-13(8)12(15)11-5-3-10(4-6-11)9(2)14/h3-6,8H,7H2,1-2H3. The SMILES string of the molecule is CC(=O)c1ccc(C(=O)N2CC2C)cc1. The molecule has 0 bridgehead atoms. The van der Waals surface area contributed by atoms with Gasteiger partial charge in [0.1, 0.15) is 0 Å². The Bertz CT molecular complexity index is 408. The number of carbonyl (C=O) groups is 2. The van der Waals surface area contributed by atoms with Gasteiger partial charge in [-0.15, -0.1) is 0 Å². The van der Waals surface area contributed by atoms with E-state index >= 15 is 0 Å². The van der Waals surface area contributed by atoms with Crippen LogP contribution in [0.15, 0.2) is 24.3 Å². The van der Waals surface area contributed by atoms with Gasteiger partial charge in [0, 0.05) is 23.7 Å². The molecular weight excluding hydrogens is 190 g/mol. The average Bonchev–Trinajstić information content (AvgIpc) is 2.94. The maximum Gasteiger partial charge on any atom is 0.254 e. The second-order valence-electron chi connectivity index (χ2n) is 3.94. The van der Waals surface area contributed by atoms with Crippen LogP contribution in [0.5, 0.6) is 0 Å². The fraction of sp³-hybridized carbons (Fsp3) is 0.333. The molecular formula is C12H13NO2. The summed E-state index contributed by atoms with van der Waals surface area (Å²) in [5.41, 5.74) is 1.30. The molecule has 1 amide bonds. The molecule has 1 atom stereocenters. The smallest absolute Gasteiger partial charge is 0.254 e. The number of ketones is 1. The number of amides is 1. The Balaban J connectivity index is 2.16. The Morgan fingerprint density at radius 3 is 2.07 bits per heavy atom. The Hall–Kier alpha value is -1.64. The van der Waals surface area contributed by atoms with E-state index in [1.165, 1.54) is 6.92 Å². The van der Waals surface area contributed by atoms with Crippen molar-refractivity contribution in [1.29, 1.82) is 0 Å². The summed E-state index contributed by atoms with van der Waals surface area (Å²) >= 11 is 0. The molecule has 3 heteroatoms. The van der Waals surface area contributed by atoms with Gasteiger partial charge < -0.3 is 4.90 Å². The minimum absolute atomic E-state index is 0.0223. The van der Waals surface area contributed by atoms with Crippen LogP contribution in [-0.4, -0.2) is 29.2 Å². The van der Waals surface area contributed by atoms with Gasteiger partial charge in [0.25, 0.3) is 5.91 Å². The topological polar surface area (TPSA) is 37.1 Å². The van der Waals surface area contributed by atoms with Gasteiger partial charge in [-0.05, 0) is 26.0 Å². The van der Waals surface area contributed by atoms with E-state index in [2.05, 4.69) is 0 Å². The lowest BCUT2D eigenvalue weighted by Crippen LogP contribution is -2.12. The van der Waals surface area contributed by atoms with Crippen LogP contribution in [0.3, 0.4) is 0 Å². The number of hydrogen-bond donors (Lipinski definition) is 0. The molecule has 0 spiro atoms. The van der Waals surface area contributed by atoms with Crippen molar-refractivity contribution in [2.45, 2.75) is 19.9 Å². The summed E-state index contributed by atoms with van der Waals surface area (Å²) in [5, 5.41) is 0. The highest BCUT2D eigenvalue weighted by molar-refractivity contribution is 5.98. The summed E-state index contributed by atoms with van der Waals surface area (Å²) in [4.78, 5) is 24.6. The summed E-state index contributed by atoms with van der Waals surface area (Å²) in [5.74, 6) is 0.0756. The van der Waals surface area contributed by atoms with E-state index < -0.39 is 0 Å². The van der Waals surface area contributed by atoms with Crippen LogP contribution in [0.4, 0.5) is 0 Å². The van der Waals surface area contributed by atoms with E-state index in [1.54, 1.807) is 29.2 Å². The molecule has 1 aromatic rings. The highest BCUT2D eigenvalue weighted by atomic mass is 16.2. The van der Waals surface area contributed by atoms with Crippen LogP contribution in [-0.2, 0) is 0 Å². The van der Waals surface area contributed by atoms with Gasteiger partial charge in [0.05, 0.1) is 0 Å². The van der Waals surface area contributed by atoms with Gasteiger partial charge in [-0.2, -0.15) is 0 Å². The van der Waals surface area contributed by atoms with Crippen molar-refractivity contribution in [1.82, 2.24) is 4.90 Å². The van der Waals surface area contributed by atoms with Crippen molar-refractivity contribution < 1.29 is 9.59 Å². The predicted molar refractivity (Wildman–Crippen MR) is 56.9 cm³/mol. The Morgan fingerprint density at radius 1 is 1.20 bits per heavy atom. The molecule has 0 aliphatic carbocycles. The van der Waals surface area contributed by atoms with E-state index in [-0.39, 0.29) is 11.7 Å². The average molecular weight is 203 g/mol. The molecule has 1 aromatic carbocycles. The van der Waals surface area contributed by atoms with Gasteiger partial charge in [-0.25, -0.2) is 0 Å². The molecule has 1 unspecified atom stereocenters. The van der Waals surface area contributed by atoms with E-state index in [4.69, 9.17) is 0 Å². The molecule has 3 nitrogen and oxygen atoms in total. The second-order valence-corrected chi connectivity index (χ2v) is 3.94. The highest BCUT2D eigenvalue weighted by Gasteiger charge is 2.34. The number of nitrogens with zero attached hydrogens (tertiary/aromatic N) is 1. The number of Topliss-reactive ketones (excluding diaryl/α,β-unsaturated/α-hetero) is 1. The van der Waals surface area contributed by atoms with Gasteiger partial charge in [0.2, 0.25) is 0 Å². The van der Waals surface area contributed by atoms with Crippen molar-refractivity contribution in [3.05, 3.63) is 35.4 Å². The van der Waals surface area contributed by atoms with Crippen LogP contribution in [0.25, 0.3) is 0 Å². The van der Waals surface area contributed by atoms with Crippen LogP contribution >= 0.6 is 0 Å². The van der Waals surface area contributed by atoms with Crippen molar-refractivity contribution >= 4 is 11.7 Å². The Kier molecular flexibility index (Phi) is 2.31. The maximum absolute atomic E-state index is 11.7. The second kappa shape index (κ2) is 3.50. The molecule has 1 aliphatic heterocycles. The summed E-state index contributed by atoms with van der Waals surface area (Å²) in [6, 6.07) is 7.19. The van der Waals surface area contributed by atoms with Crippen LogP contribution in [0.1, 0.15) is 34.6 Å². The normalized spacial score (nSPS) is 18.8. The monoisotopic (exact) mass is 203 g/mol. The molecule has 1 saturated heterocycles. The number of hydrogen-bond acceptors (Lipinski definition) is 2.